The number of halogens is 9. The lowest BCUT2D eigenvalue weighted by Gasteiger charge is -2.19. The van der Waals surface area contributed by atoms with Crippen LogP contribution >= 0.6 is 11.6 Å². The summed E-state index contributed by atoms with van der Waals surface area (Å²) in [4.78, 5) is 20.3. The fourth-order valence-corrected chi connectivity index (χ4v) is 3.71. The number of amides is 1. The second kappa shape index (κ2) is 10.0. The average Bonchev–Trinajstić information content (AvgIpc) is 3.54. The number of aromatic nitrogens is 2. The highest BCUT2D eigenvalue weighted by atomic mass is 35.5. The largest absolute Gasteiger partial charge is 0.459 e. The third-order valence-electron chi connectivity index (χ3n) is 5.53. The Bertz CT molecular complexity index is 1260. The van der Waals surface area contributed by atoms with Crippen molar-refractivity contribution in [3.63, 3.8) is 0 Å². The Balaban J connectivity index is 2.07. The topological polar surface area (TPSA) is 71.6 Å². The van der Waals surface area contributed by atoms with Gasteiger partial charge in [-0.15, -0.1) is 0 Å². The number of nitrogens with one attached hydrogen (secondary N) is 1. The van der Waals surface area contributed by atoms with Crippen molar-refractivity contribution in [3.8, 4) is 0 Å². The Morgan fingerprint density at radius 3 is 2.30 bits per heavy atom. The zero-order valence-corrected chi connectivity index (χ0v) is 20.3. The van der Waals surface area contributed by atoms with Gasteiger partial charge in [0, 0.05) is 26.2 Å². The maximum atomic E-state index is 14.0. The lowest BCUT2D eigenvalue weighted by Crippen LogP contribution is -2.36. The Morgan fingerprint density at radius 1 is 1.16 bits per heavy atom. The molecular formula is C22H20ClF8N5O. The fraction of sp³-hybridized carbons (Fsp3) is 0.455. The van der Waals surface area contributed by atoms with Crippen molar-refractivity contribution in [2.24, 2.45) is 23.0 Å². The molecular weight excluding hydrogens is 538 g/mol. The number of hydrogen-bond acceptors (Lipinski definition) is 3. The molecule has 0 unspecified atom stereocenters. The number of alkyl halides is 8. The lowest BCUT2D eigenvalue weighted by molar-refractivity contribution is -0.292. The molecule has 0 spiro atoms. The quantitative estimate of drug-likeness (QED) is 0.278. The number of nitrogens with zero attached hydrogens (tertiary/aromatic N) is 4. The Labute approximate surface area is 210 Å². The minimum absolute atomic E-state index is 0.0393. The van der Waals surface area contributed by atoms with Crippen LogP contribution in [-0.4, -0.2) is 47.0 Å². The first kappa shape index (κ1) is 28.5. The summed E-state index contributed by atoms with van der Waals surface area (Å²) in [6.07, 6.45) is -9.97. The first-order chi connectivity index (χ1) is 17.0. The molecule has 6 nitrogen and oxygen atoms in total. The van der Waals surface area contributed by atoms with E-state index in [-0.39, 0.29) is 26.7 Å². The van der Waals surface area contributed by atoms with Crippen LogP contribution in [0.2, 0.25) is 5.02 Å². The van der Waals surface area contributed by atoms with Crippen molar-refractivity contribution in [2.45, 2.75) is 38.0 Å². The van der Waals surface area contributed by atoms with Gasteiger partial charge >= 0.3 is 18.3 Å². The van der Waals surface area contributed by atoms with Crippen molar-refractivity contribution in [2.75, 3.05) is 13.6 Å². The van der Waals surface area contributed by atoms with Crippen LogP contribution in [0.3, 0.4) is 0 Å². The molecule has 37 heavy (non-hydrogen) atoms. The molecule has 202 valence electrons. The summed E-state index contributed by atoms with van der Waals surface area (Å²) in [5.74, 6) is -6.24. The molecule has 1 aliphatic carbocycles. The predicted molar refractivity (Wildman–Crippen MR) is 119 cm³/mol. The van der Waals surface area contributed by atoms with Gasteiger partial charge in [-0.2, -0.15) is 40.2 Å². The SMILES string of the molecule is C/N=C(\N=C(/C)c1c(C(F)(F)F)c(C(F)(F)C(F)(F)F)nn1C)c1ccc(Cl)c(C(=O)NCC2CC2)c1. The van der Waals surface area contributed by atoms with E-state index in [1.807, 2.05) is 0 Å². The first-order valence-electron chi connectivity index (χ1n) is 10.7. The van der Waals surface area contributed by atoms with Gasteiger partial charge in [0.15, 0.2) is 11.5 Å². The van der Waals surface area contributed by atoms with E-state index in [0.717, 1.165) is 26.8 Å². The summed E-state index contributed by atoms with van der Waals surface area (Å²) in [6.45, 7) is 1.42. The Kier molecular flexibility index (Phi) is 7.73. The molecule has 1 N–H and O–H groups in total. The van der Waals surface area contributed by atoms with Gasteiger partial charge < -0.3 is 5.32 Å². The summed E-state index contributed by atoms with van der Waals surface area (Å²) >= 11 is 6.11. The number of benzene rings is 1. The normalized spacial score (nSPS) is 15.8. The second-order valence-corrected chi connectivity index (χ2v) is 8.77. The third kappa shape index (κ3) is 5.94. The Morgan fingerprint density at radius 2 is 1.78 bits per heavy atom. The van der Waals surface area contributed by atoms with Crippen LogP contribution in [0.15, 0.2) is 28.2 Å². The van der Waals surface area contributed by atoms with Crippen LogP contribution in [0.1, 0.15) is 52.6 Å². The molecule has 1 amide bonds. The van der Waals surface area contributed by atoms with E-state index in [0.29, 0.717) is 12.5 Å². The van der Waals surface area contributed by atoms with Crippen molar-refractivity contribution < 1.29 is 39.9 Å². The highest BCUT2D eigenvalue weighted by molar-refractivity contribution is 6.34. The molecule has 1 aliphatic rings. The van der Waals surface area contributed by atoms with Gasteiger partial charge in [-0.05, 0) is 43.9 Å². The third-order valence-corrected chi connectivity index (χ3v) is 5.86. The molecule has 1 aromatic carbocycles. The van der Waals surface area contributed by atoms with Gasteiger partial charge in [0.1, 0.15) is 5.56 Å². The molecule has 0 atom stereocenters. The summed E-state index contributed by atoms with van der Waals surface area (Å²) in [7, 11) is 2.01. The number of hydrogen-bond donors (Lipinski definition) is 1. The van der Waals surface area contributed by atoms with Crippen molar-refractivity contribution in [1.29, 1.82) is 0 Å². The molecule has 0 aliphatic heterocycles. The van der Waals surface area contributed by atoms with E-state index < -0.39 is 46.8 Å². The number of carbonyl (C=O) groups is 1. The summed E-state index contributed by atoms with van der Waals surface area (Å²) < 4.78 is 108. The number of amidine groups is 1. The molecule has 15 heteroatoms. The minimum Gasteiger partial charge on any atom is -0.352 e. The van der Waals surface area contributed by atoms with Crippen LogP contribution in [-0.2, 0) is 19.1 Å². The van der Waals surface area contributed by atoms with E-state index >= 15 is 0 Å². The molecule has 1 heterocycles. The number of aliphatic imine (C=N–C) groups is 2. The van der Waals surface area contributed by atoms with E-state index in [4.69, 9.17) is 11.6 Å². The summed E-state index contributed by atoms with van der Waals surface area (Å²) in [5, 5.41) is 5.66. The van der Waals surface area contributed by atoms with Crippen molar-refractivity contribution in [1.82, 2.24) is 15.1 Å². The number of aryl methyl sites for hydroxylation is 1. The smallest absolute Gasteiger partial charge is 0.352 e. The van der Waals surface area contributed by atoms with Crippen LogP contribution in [0.4, 0.5) is 35.1 Å². The average molecular weight is 558 g/mol. The monoisotopic (exact) mass is 557 g/mol. The number of carbonyl (C=O) groups excluding carboxylic acids is 1. The van der Waals surface area contributed by atoms with E-state index in [1.54, 1.807) is 0 Å². The van der Waals surface area contributed by atoms with Crippen LogP contribution in [0.25, 0.3) is 0 Å². The minimum atomic E-state index is -6.32. The highest BCUT2D eigenvalue weighted by Crippen LogP contribution is 2.48. The van der Waals surface area contributed by atoms with Gasteiger partial charge in [-0.1, -0.05) is 11.6 Å². The second-order valence-electron chi connectivity index (χ2n) is 8.36. The standard InChI is InChI=1S/C22H20ClF8N5O/c1-10(16-15(21(26,27)28)17(35-36(16)3)20(24,25)22(29,30)31)34-18(32-2)12-6-7-14(23)13(8-12)19(37)33-9-11-4-5-11/h6-8,11H,4-5,9H2,1-3H3,(H,33,37)/b32-18-,34-10+. The molecule has 1 fully saturated rings. The summed E-state index contributed by atoms with van der Waals surface area (Å²) in [5.41, 5.74) is -6.29. The molecule has 1 aromatic heterocycles. The maximum Gasteiger partial charge on any atom is 0.459 e. The predicted octanol–water partition coefficient (Wildman–Crippen LogP) is 5.77. The van der Waals surface area contributed by atoms with E-state index in [9.17, 15) is 39.9 Å². The molecule has 0 saturated heterocycles. The van der Waals surface area contributed by atoms with Gasteiger partial charge in [-0.25, -0.2) is 4.99 Å². The maximum absolute atomic E-state index is 14.0. The van der Waals surface area contributed by atoms with E-state index in [1.165, 1.54) is 25.2 Å². The zero-order chi connectivity index (χ0) is 27.9. The molecule has 3 rings (SSSR count). The lowest BCUT2D eigenvalue weighted by atomic mass is 10.0. The Hall–Kier alpha value is -3.03. The number of rotatable bonds is 6. The fourth-order valence-electron chi connectivity index (χ4n) is 3.51. The molecule has 1 saturated carbocycles. The van der Waals surface area contributed by atoms with Crippen LogP contribution in [0.5, 0.6) is 0 Å². The molecule has 0 radical (unpaired) electrons. The van der Waals surface area contributed by atoms with Gasteiger partial charge in [0.2, 0.25) is 0 Å². The van der Waals surface area contributed by atoms with Crippen molar-refractivity contribution in [3.05, 3.63) is 51.3 Å². The zero-order valence-electron chi connectivity index (χ0n) is 19.5. The van der Waals surface area contributed by atoms with Gasteiger partial charge in [-0.3, -0.25) is 14.5 Å². The molecule has 2 aromatic rings. The van der Waals surface area contributed by atoms with Crippen molar-refractivity contribution >= 4 is 29.1 Å². The van der Waals surface area contributed by atoms with Gasteiger partial charge in [0.05, 0.1) is 22.0 Å². The highest BCUT2D eigenvalue weighted by Gasteiger charge is 2.64. The van der Waals surface area contributed by atoms with Crippen LogP contribution in [0, 0.1) is 5.92 Å². The van der Waals surface area contributed by atoms with Crippen LogP contribution < -0.4 is 5.32 Å². The van der Waals surface area contributed by atoms with Gasteiger partial charge in [0.25, 0.3) is 5.91 Å². The molecule has 0 bridgehead atoms. The van der Waals surface area contributed by atoms with E-state index in [2.05, 4.69) is 20.4 Å². The summed E-state index contributed by atoms with van der Waals surface area (Å²) in [6, 6.07) is 4.00. The first-order valence-corrected chi connectivity index (χ1v) is 11.1.